The second-order valence-corrected chi connectivity index (χ2v) is 4.15. The molecule has 0 radical (unpaired) electrons. The molecule has 0 aliphatic heterocycles. The first-order chi connectivity index (χ1) is 9.22. The van der Waals surface area contributed by atoms with Crippen molar-refractivity contribution in [3.05, 3.63) is 47.3 Å². The highest BCUT2D eigenvalue weighted by molar-refractivity contribution is 5.86. The fraction of sp³-hybridized carbons (Fsp3) is 0.308. The SMILES string of the molecule is O=C(O)c1nnn(CCCO)c1Cc1ccccc1. The molecule has 100 valence electrons. The molecule has 0 unspecified atom stereocenters. The highest BCUT2D eigenvalue weighted by Crippen LogP contribution is 2.13. The Labute approximate surface area is 110 Å². The maximum atomic E-state index is 11.1. The Morgan fingerprint density at radius 2 is 2.00 bits per heavy atom. The summed E-state index contributed by atoms with van der Waals surface area (Å²) in [6.45, 7) is 0.492. The lowest BCUT2D eigenvalue weighted by Crippen LogP contribution is -2.10. The number of aromatic nitrogens is 3. The molecule has 0 fully saturated rings. The van der Waals surface area contributed by atoms with Gasteiger partial charge in [0.05, 0.1) is 5.69 Å². The van der Waals surface area contributed by atoms with Crippen molar-refractivity contribution in [3.8, 4) is 0 Å². The molecule has 1 aromatic heterocycles. The van der Waals surface area contributed by atoms with E-state index in [4.69, 9.17) is 10.2 Å². The van der Waals surface area contributed by atoms with E-state index < -0.39 is 5.97 Å². The number of nitrogens with zero attached hydrogens (tertiary/aromatic N) is 3. The fourth-order valence-corrected chi connectivity index (χ4v) is 1.86. The molecule has 2 N–H and O–H groups in total. The zero-order valence-electron chi connectivity index (χ0n) is 10.4. The topological polar surface area (TPSA) is 88.2 Å². The van der Waals surface area contributed by atoms with Gasteiger partial charge in [-0.2, -0.15) is 0 Å². The molecule has 6 heteroatoms. The van der Waals surface area contributed by atoms with E-state index in [1.165, 1.54) is 0 Å². The third-order valence-electron chi connectivity index (χ3n) is 2.78. The Hall–Kier alpha value is -2.21. The Balaban J connectivity index is 2.29. The second-order valence-electron chi connectivity index (χ2n) is 4.15. The maximum Gasteiger partial charge on any atom is 0.358 e. The minimum Gasteiger partial charge on any atom is -0.476 e. The lowest BCUT2D eigenvalue weighted by molar-refractivity contribution is 0.0689. The van der Waals surface area contributed by atoms with E-state index in [-0.39, 0.29) is 12.3 Å². The third kappa shape index (κ3) is 3.17. The van der Waals surface area contributed by atoms with Crippen molar-refractivity contribution in [2.45, 2.75) is 19.4 Å². The van der Waals surface area contributed by atoms with Gasteiger partial charge in [-0.1, -0.05) is 35.5 Å². The van der Waals surface area contributed by atoms with Gasteiger partial charge in [-0.25, -0.2) is 9.48 Å². The third-order valence-corrected chi connectivity index (χ3v) is 2.78. The molecule has 0 aliphatic rings. The molecule has 6 nitrogen and oxygen atoms in total. The molecule has 2 aromatic rings. The molecular formula is C13H15N3O3. The van der Waals surface area contributed by atoms with Crippen LogP contribution in [0, 0.1) is 0 Å². The first-order valence-electron chi connectivity index (χ1n) is 6.03. The van der Waals surface area contributed by atoms with E-state index in [2.05, 4.69) is 10.3 Å². The van der Waals surface area contributed by atoms with Crippen LogP contribution in [0.3, 0.4) is 0 Å². The van der Waals surface area contributed by atoms with Crippen molar-refractivity contribution >= 4 is 5.97 Å². The molecule has 1 heterocycles. The van der Waals surface area contributed by atoms with E-state index in [0.717, 1.165) is 5.56 Å². The first-order valence-corrected chi connectivity index (χ1v) is 6.03. The lowest BCUT2D eigenvalue weighted by atomic mass is 10.1. The van der Waals surface area contributed by atoms with Crippen molar-refractivity contribution < 1.29 is 15.0 Å². The Kier molecular flexibility index (Phi) is 4.25. The van der Waals surface area contributed by atoms with Gasteiger partial charge in [0, 0.05) is 19.6 Å². The normalized spacial score (nSPS) is 10.6. The van der Waals surface area contributed by atoms with Crippen molar-refractivity contribution in [2.24, 2.45) is 0 Å². The van der Waals surface area contributed by atoms with Crippen molar-refractivity contribution in [3.63, 3.8) is 0 Å². The zero-order valence-corrected chi connectivity index (χ0v) is 10.4. The number of rotatable bonds is 6. The monoisotopic (exact) mass is 261 g/mol. The number of benzene rings is 1. The highest BCUT2D eigenvalue weighted by Gasteiger charge is 2.18. The van der Waals surface area contributed by atoms with E-state index >= 15 is 0 Å². The average Bonchev–Trinajstić information content (AvgIpc) is 2.80. The van der Waals surface area contributed by atoms with Gasteiger partial charge in [-0.05, 0) is 12.0 Å². The van der Waals surface area contributed by atoms with Crippen molar-refractivity contribution in [2.75, 3.05) is 6.61 Å². The van der Waals surface area contributed by atoms with Crippen LogP contribution in [0.25, 0.3) is 0 Å². The van der Waals surface area contributed by atoms with Crippen LogP contribution in [0.2, 0.25) is 0 Å². The molecular weight excluding hydrogens is 246 g/mol. The van der Waals surface area contributed by atoms with Gasteiger partial charge in [0.25, 0.3) is 0 Å². The van der Waals surface area contributed by atoms with E-state index in [1.807, 2.05) is 30.3 Å². The average molecular weight is 261 g/mol. The number of carboxylic acids is 1. The van der Waals surface area contributed by atoms with Gasteiger partial charge < -0.3 is 10.2 Å². The zero-order chi connectivity index (χ0) is 13.7. The second kappa shape index (κ2) is 6.10. The molecule has 0 aliphatic carbocycles. The summed E-state index contributed by atoms with van der Waals surface area (Å²) in [4.78, 5) is 11.1. The highest BCUT2D eigenvalue weighted by atomic mass is 16.4. The molecule has 0 atom stereocenters. The standard InChI is InChI=1S/C13H15N3O3/c17-8-4-7-16-11(12(13(18)19)14-15-16)9-10-5-2-1-3-6-10/h1-3,5-6,17H,4,7-9H2,(H,18,19). The molecule has 0 bridgehead atoms. The molecule has 19 heavy (non-hydrogen) atoms. The van der Waals surface area contributed by atoms with Crippen LogP contribution < -0.4 is 0 Å². The van der Waals surface area contributed by atoms with Gasteiger partial charge >= 0.3 is 5.97 Å². The van der Waals surface area contributed by atoms with E-state index in [9.17, 15) is 4.79 Å². The summed E-state index contributed by atoms with van der Waals surface area (Å²) in [6.07, 6.45) is 0.977. The molecule has 0 saturated heterocycles. The summed E-state index contributed by atoms with van der Waals surface area (Å²) in [6, 6.07) is 9.56. The van der Waals surface area contributed by atoms with Crippen LogP contribution in [0.15, 0.2) is 30.3 Å². The van der Waals surface area contributed by atoms with Gasteiger partial charge in [0.1, 0.15) is 0 Å². The van der Waals surface area contributed by atoms with Crippen LogP contribution in [-0.4, -0.2) is 37.8 Å². The Morgan fingerprint density at radius 1 is 1.26 bits per heavy atom. The minimum atomic E-state index is -1.08. The van der Waals surface area contributed by atoms with Crippen LogP contribution in [0.4, 0.5) is 0 Å². The van der Waals surface area contributed by atoms with Crippen LogP contribution in [0.5, 0.6) is 0 Å². The summed E-state index contributed by atoms with van der Waals surface area (Å²) in [7, 11) is 0. The van der Waals surface area contributed by atoms with E-state index in [1.54, 1.807) is 4.68 Å². The largest absolute Gasteiger partial charge is 0.476 e. The van der Waals surface area contributed by atoms with Gasteiger partial charge in [0.15, 0.2) is 5.69 Å². The smallest absolute Gasteiger partial charge is 0.358 e. The first kappa shape index (κ1) is 13.2. The van der Waals surface area contributed by atoms with Gasteiger partial charge in [0.2, 0.25) is 0 Å². The molecule has 2 rings (SSSR count). The summed E-state index contributed by atoms with van der Waals surface area (Å²) >= 11 is 0. The van der Waals surface area contributed by atoms with Gasteiger partial charge in [-0.3, -0.25) is 0 Å². The quantitative estimate of drug-likeness (QED) is 0.808. The number of carbonyl (C=O) groups is 1. The molecule has 0 saturated carbocycles. The predicted octanol–water partition coefficient (Wildman–Crippen LogP) is 0.949. The van der Waals surface area contributed by atoms with Gasteiger partial charge in [-0.15, -0.1) is 5.10 Å². The number of aryl methyl sites for hydroxylation is 1. The summed E-state index contributed by atoms with van der Waals surface area (Å²) < 4.78 is 1.55. The number of carboxylic acid groups (broad SMARTS) is 1. The van der Waals surface area contributed by atoms with Crippen LogP contribution in [-0.2, 0) is 13.0 Å². The molecule has 0 spiro atoms. The van der Waals surface area contributed by atoms with Crippen molar-refractivity contribution in [1.82, 2.24) is 15.0 Å². The van der Waals surface area contributed by atoms with Crippen molar-refractivity contribution in [1.29, 1.82) is 0 Å². The number of aliphatic hydroxyl groups excluding tert-OH is 1. The number of hydrogen-bond acceptors (Lipinski definition) is 4. The summed E-state index contributed by atoms with van der Waals surface area (Å²) in [5.41, 5.74) is 1.53. The summed E-state index contributed by atoms with van der Waals surface area (Å²) in [5, 5.41) is 25.5. The Morgan fingerprint density at radius 3 is 2.63 bits per heavy atom. The van der Waals surface area contributed by atoms with E-state index in [0.29, 0.717) is 25.1 Å². The Bertz CT molecular complexity index is 552. The lowest BCUT2D eigenvalue weighted by Gasteiger charge is -2.06. The molecule has 1 aromatic carbocycles. The molecule has 0 amide bonds. The summed E-state index contributed by atoms with van der Waals surface area (Å²) in [5.74, 6) is -1.08. The number of aromatic carboxylic acids is 1. The predicted molar refractivity (Wildman–Crippen MR) is 67.9 cm³/mol. The number of hydrogen-bond donors (Lipinski definition) is 2. The maximum absolute atomic E-state index is 11.1. The van der Waals surface area contributed by atoms with Crippen LogP contribution >= 0.6 is 0 Å². The minimum absolute atomic E-state index is 0.0261. The number of aliphatic hydroxyl groups is 1. The fourth-order valence-electron chi connectivity index (χ4n) is 1.86. The van der Waals surface area contributed by atoms with Crippen LogP contribution in [0.1, 0.15) is 28.2 Å².